The van der Waals surface area contributed by atoms with Crippen LogP contribution in [0.25, 0.3) is 0 Å². The van der Waals surface area contributed by atoms with Gasteiger partial charge in [0.1, 0.15) is 11.7 Å². The van der Waals surface area contributed by atoms with Crippen molar-refractivity contribution in [2.75, 3.05) is 19.7 Å². The molecule has 1 fully saturated rings. The van der Waals surface area contributed by atoms with Crippen LogP contribution in [0.5, 0.6) is 0 Å². The van der Waals surface area contributed by atoms with Gasteiger partial charge in [-0.3, -0.25) is 10.1 Å². The summed E-state index contributed by atoms with van der Waals surface area (Å²) in [4.78, 5) is 25.0. The number of allylic oxidation sites excluding steroid dienone is 2. The maximum Gasteiger partial charge on any atom is 0.410 e. The maximum absolute atomic E-state index is 12.3. The third-order valence-electron chi connectivity index (χ3n) is 5.17. The van der Waals surface area contributed by atoms with Gasteiger partial charge in [-0.25, -0.2) is 4.79 Å². The summed E-state index contributed by atoms with van der Waals surface area (Å²) in [5.41, 5.74) is 2.24. The fourth-order valence-electron chi connectivity index (χ4n) is 3.35. The quantitative estimate of drug-likeness (QED) is 0.387. The topological polar surface area (TPSA) is 81.9 Å². The van der Waals surface area contributed by atoms with Crippen LogP contribution < -0.4 is 0 Å². The summed E-state index contributed by atoms with van der Waals surface area (Å²) in [6.45, 7) is 9.00. The molecule has 1 heterocycles. The highest BCUT2D eigenvalue weighted by atomic mass is 16.6. The number of carbonyl (C=O) groups is 1. The largest absolute Gasteiger partial charge is 0.444 e. The molecule has 0 spiro atoms. The second-order valence-corrected chi connectivity index (χ2v) is 9.05. The standard InChI is InChI=1S/C23H30N2O5/c1-16-13-19(25(27)28)7-8-20(29-15-17-5-6-17)14-21(16)18-9-11-24(12-10-18)22(26)30-23(2,3)4/h9,13-14,17,19-20H,5-6,10-12,15H2,1-4H3/b16-13-,21-14+. The molecular weight excluding hydrogens is 384 g/mol. The zero-order valence-electron chi connectivity index (χ0n) is 18.1. The molecule has 0 radical (unpaired) electrons. The molecule has 0 N–H and O–H groups in total. The van der Waals surface area contributed by atoms with Crippen molar-refractivity contribution in [1.82, 2.24) is 4.90 Å². The molecular formula is C23H30N2O5. The Morgan fingerprint density at radius 1 is 1.30 bits per heavy atom. The molecule has 2 unspecified atom stereocenters. The summed E-state index contributed by atoms with van der Waals surface area (Å²) in [5, 5.41) is 11.4. The van der Waals surface area contributed by atoms with E-state index in [0.717, 1.165) is 16.7 Å². The van der Waals surface area contributed by atoms with Gasteiger partial charge in [0, 0.05) is 24.1 Å². The molecule has 30 heavy (non-hydrogen) atoms. The highest BCUT2D eigenvalue weighted by Gasteiger charge is 2.27. The van der Waals surface area contributed by atoms with Crippen LogP contribution in [-0.4, -0.2) is 53.4 Å². The van der Waals surface area contributed by atoms with Gasteiger partial charge in [0.15, 0.2) is 0 Å². The Morgan fingerprint density at radius 3 is 2.60 bits per heavy atom. The van der Waals surface area contributed by atoms with Gasteiger partial charge in [0.2, 0.25) is 0 Å². The van der Waals surface area contributed by atoms with E-state index in [9.17, 15) is 14.9 Å². The van der Waals surface area contributed by atoms with Crippen LogP contribution in [-0.2, 0) is 9.47 Å². The Labute approximate surface area is 177 Å². The lowest BCUT2D eigenvalue weighted by Crippen LogP contribution is -2.39. The van der Waals surface area contributed by atoms with Gasteiger partial charge >= 0.3 is 6.09 Å². The first-order chi connectivity index (χ1) is 14.1. The van der Waals surface area contributed by atoms with Crippen molar-refractivity contribution in [3.8, 4) is 11.8 Å². The molecule has 2 atom stereocenters. The zero-order valence-corrected chi connectivity index (χ0v) is 18.1. The van der Waals surface area contributed by atoms with Gasteiger partial charge in [-0.05, 0) is 81.6 Å². The highest BCUT2D eigenvalue weighted by Crippen LogP contribution is 2.31. The summed E-state index contributed by atoms with van der Waals surface area (Å²) >= 11 is 0. The van der Waals surface area contributed by atoms with Crippen LogP contribution in [0.15, 0.2) is 34.9 Å². The third kappa shape index (κ3) is 6.20. The smallest absolute Gasteiger partial charge is 0.410 e. The van der Waals surface area contributed by atoms with Gasteiger partial charge in [0.25, 0.3) is 6.04 Å². The summed E-state index contributed by atoms with van der Waals surface area (Å²) in [7, 11) is 0. The molecule has 162 valence electrons. The number of ether oxygens (including phenoxy) is 2. The first-order valence-electron chi connectivity index (χ1n) is 10.5. The van der Waals surface area contributed by atoms with Crippen molar-refractivity contribution in [3.05, 3.63) is 45.1 Å². The molecule has 0 aromatic heterocycles. The van der Waals surface area contributed by atoms with Crippen molar-refractivity contribution in [1.29, 1.82) is 0 Å². The minimum atomic E-state index is -1.05. The predicted molar refractivity (Wildman–Crippen MR) is 113 cm³/mol. The van der Waals surface area contributed by atoms with Crippen molar-refractivity contribution >= 4 is 6.09 Å². The number of hydrogen-bond donors (Lipinski definition) is 0. The Morgan fingerprint density at radius 2 is 2.03 bits per heavy atom. The lowest BCUT2D eigenvalue weighted by atomic mass is 9.90. The van der Waals surface area contributed by atoms with Crippen LogP contribution >= 0.6 is 0 Å². The molecule has 0 aromatic carbocycles. The lowest BCUT2D eigenvalue weighted by molar-refractivity contribution is -0.493. The SMILES string of the molecule is CC1=C/C([N+](=O)[O-])C#CC(OCC2CC2)/C=C\1C1=CCN(C(=O)OC(C)(C)C)CC1. The van der Waals surface area contributed by atoms with Gasteiger partial charge in [0.05, 0.1) is 6.61 Å². The van der Waals surface area contributed by atoms with Gasteiger partial charge in [-0.2, -0.15) is 0 Å². The summed E-state index contributed by atoms with van der Waals surface area (Å²) in [6, 6.07) is -1.05. The van der Waals surface area contributed by atoms with E-state index in [-0.39, 0.29) is 11.0 Å². The lowest BCUT2D eigenvalue weighted by Gasteiger charge is -2.30. The Balaban J connectivity index is 1.79. The Kier molecular flexibility index (Phi) is 6.67. The minimum absolute atomic E-state index is 0.332. The number of carbonyl (C=O) groups excluding carboxylic acids is 1. The average Bonchev–Trinajstić information content (AvgIpc) is 3.47. The van der Waals surface area contributed by atoms with Crippen molar-refractivity contribution < 1.29 is 19.2 Å². The molecule has 3 rings (SSSR count). The molecule has 1 amide bonds. The molecule has 0 bridgehead atoms. The van der Waals surface area contributed by atoms with Crippen molar-refractivity contribution in [2.24, 2.45) is 5.92 Å². The fraction of sp³-hybridized carbons (Fsp3) is 0.609. The van der Waals surface area contributed by atoms with Gasteiger partial charge in [-0.1, -0.05) is 12.0 Å². The second kappa shape index (κ2) is 9.05. The second-order valence-electron chi connectivity index (χ2n) is 9.05. The average molecular weight is 415 g/mol. The Bertz CT molecular complexity index is 849. The number of amides is 1. The molecule has 2 aliphatic carbocycles. The maximum atomic E-state index is 12.3. The molecule has 7 heteroatoms. The summed E-state index contributed by atoms with van der Waals surface area (Å²) < 4.78 is 11.4. The van der Waals surface area contributed by atoms with Crippen molar-refractivity contribution in [2.45, 2.75) is 64.7 Å². The minimum Gasteiger partial charge on any atom is -0.444 e. The molecule has 3 aliphatic rings. The molecule has 7 nitrogen and oxygen atoms in total. The zero-order chi connectivity index (χ0) is 21.9. The number of nitro groups is 1. The van der Waals surface area contributed by atoms with E-state index in [0.29, 0.717) is 32.0 Å². The fourth-order valence-corrected chi connectivity index (χ4v) is 3.35. The van der Waals surface area contributed by atoms with Crippen LogP contribution in [0.4, 0.5) is 4.79 Å². The van der Waals surface area contributed by atoms with Crippen LogP contribution in [0.1, 0.15) is 47.0 Å². The van der Waals surface area contributed by atoms with E-state index in [1.54, 1.807) is 11.0 Å². The highest BCUT2D eigenvalue weighted by molar-refractivity contribution is 5.69. The normalized spacial score (nSPS) is 27.9. The predicted octanol–water partition coefficient (Wildman–Crippen LogP) is 3.88. The van der Waals surface area contributed by atoms with E-state index in [1.807, 2.05) is 39.8 Å². The monoisotopic (exact) mass is 414 g/mol. The summed E-state index contributed by atoms with van der Waals surface area (Å²) in [5.74, 6) is 6.24. The van der Waals surface area contributed by atoms with Crippen LogP contribution in [0.2, 0.25) is 0 Å². The number of rotatable bonds is 5. The number of nitrogens with zero attached hydrogens (tertiary/aromatic N) is 2. The molecule has 0 saturated heterocycles. The van der Waals surface area contributed by atoms with Crippen LogP contribution in [0, 0.1) is 27.9 Å². The number of hydrogen-bond acceptors (Lipinski definition) is 5. The van der Waals surface area contributed by atoms with Crippen molar-refractivity contribution in [3.63, 3.8) is 0 Å². The van der Waals surface area contributed by atoms with E-state index >= 15 is 0 Å². The van der Waals surface area contributed by atoms with E-state index in [2.05, 4.69) is 11.8 Å². The summed E-state index contributed by atoms with van der Waals surface area (Å²) in [6.07, 6.45) is 7.71. The first kappa shape index (κ1) is 22.1. The van der Waals surface area contributed by atoms with Crippen LogP contribution in [0.3, 0.4) is 0 Å². The van der Waals surface area contributed by atoms with E-state index in [1.165, 1.54) is 12.8 Å². The van der Waals surface area contributed by atoms with Gasteiger partial charge in [-0.15, -0.1) is 0 Å². The van der Waals surface area contributed by atoms with Gasteiger partial charge < -0.3 is 14.4 Å². The molecule has 1 saturated carbocycles. The molecule has 0 aromatic rings. The van der Waals surface area contributed by atoms with E-state index < -0.39 is 17.7 Å². The van der Waals surface area contributed by atoms with E-state index in [4.69, 9.17) is 9.47 Å². The Hall–Kier alpha value is -2.59. The third-order valence-corrected chi connectivity index (χ3v) is 5.17. The molecule has 1 aliphatic heterocycles. The first-order valence-corrected chi connectivity index (χ1v) is 10.5.